The van der Waals surface area contributed by atoms with Crippen LogP contribution in [0.15, 0.2) is 29.1 Å². The zero-order valence-electron chi connectivity index (χ0n) is 14.0. The molecular weight excluding hydrogens is 332 g/mol. The van der Waals surface area contributed by atoms with Crippen LogP contribution in [-0.4, -0.2) is 16.7 Å². The van der Waals surface area contributed by atoms with Crippen LogP contribution in [0.1, 0.15) is 28.2 Å². The van der Waals surface area contributed by atoms with E-state index in [0.29, 0.717) is 6.42 Å². The maximum Gasteiger partial charge on any atom is 0.263 e. The molecule has 1 aliphatic rings. The quantitative estimate of drug-likeness (QED) is 0.679. The minimum absolute atomic E-state index is 0.00543. The van der Waals surface area contributed by atoms with Gasteiger partial charge in [-0.05, 0) is 42.5 Å². The summed E-state index contributed by atoms with van der Waals surface area (Å²) in [5.41, 5.74) is 2.27. The molecule has 0 amide bonds. The monoisotopic (exact) mass is 350 g/mol. The zero-order chi connectivity index (χ0) is 17.4. The molecule has 0 aliphatic heterocycles. The highest BCUT2D eigenvalue weighted by molar-refractivity contribution is 7.18. The molecule has 0 fully saturated rings. The molecule has 25 heavy (non-hydrogen) atoms. The molecule has 2 heterocycles. The molecule has 3 aromatic rings. The lowest BCUT2D eigenvalue weighted by molar-refractivity contribution is 0.414. The van der Waals surface area contributed by atoms with E-state index < -0.39 is 0 Å². The van der Waals surface area contributed by atoms with Gasteiger partial charge in [0, 0.05) is 11.3 Å². The summed E-state index contributed by atoms with van der Waals surface area (Å²) >= 11 is 1.66. The van der Waals surface area contributed by atoms with Gasteiger partial charge in [-0.3, -0.25) is 9.36 Å². The van der Waals surface area contributed by atoms with Crippen LogP contribution in [-0.2, 0) is 25.8 Å². The number of nitrogens with zero attached hydrogens (tertiary/aromatic N) is 2. The molecule has 0 saturated carbocycles. The summed E-state index contributed by atoms with van der Waals surface area (Å²) in [6.07, 6.45) is 9.23. The number of aryl methyl sites for hydroxylation is 2. The molecule has 2 aromatic heterocycles. The van der Waals surface area contributed by atoms with Crippen molar-refractivity contribution in [1.29, 1.82) is 0 Å². The van der Waals surface area contributed by atoms with E-state index in [1.165, 1.54) is 10.4 Å². The third-order valence-corrected chi connectivity index (χ3v) is 5.86. The van der Waals surface area contributed by atoms with Gasteiger partial charge in [0.1, 0.15) is 16.4 Å². The summed E-state index contributed by atoms with van der Waals surface area (Å²) < 4.78 is 6.85. The minimum Gasteiger partial charge on any atom is -0.497 e. The molecule has 4 rings (SSSR count). The summed E-state index contributed by atoms with van der Waals surface area (Å²) in [4.78, 5) is 20.0. The first-order valence-electron chi connectivity index (χ1n) is 8.31. The molecule has 4 nitrogen and oxygen atoms in total. The smallest absolute Gasteiger partial charge is 0.263 e. The summed E-state index contributed by atoms with van der Waals surface area (Å²) in [7, 11) is 1.64. The van der Waals surface area contributed by atoms with Crippen molar-refractivity contribution in [2.75, 3.05) is 7.11 Å². The zero-order valence-corrected chi connectivity index (χ0v) is 14.9. The Balaban J connectivity index is 1.83. The molecule has 0 radical (unpaired) electrons. The topological polar surface area (TPSA) is 44.1 Å². The van der Waals surface area contributed by atoms with Crippen molar-refractivity contribution in [2.24, 2.45) is 0 Å². The predicted molar refractivity (Wildman–Crippen MR) is 101 cm³/mol. The van der Waals surface area contributed by atoms with Crippen LogP contribution in [0.5, 0.6) is 5.75 Å². The highest BCUT2D eigenvalue weighted by Gasteiger charge is 2.23. The second-order valence-corrected chi connectivity index (χ2v) is 7.27. The lowest BCUT2D eigenvalue weighted by Crippen LogP contribution is -2.25. The Bertz CT molecular complexity index is 1040. The number of hydrogen-bond acceptors (Lipinski definition) is 4. The van der Waals surface area contributed by atoms with Crippen LogP contribution in [0.2, 0.25) is 0 Å². The van der Waals surface area contributed by atoms with Gasteiger partial charge in [-0.15, -0.1) is 17.8 Å². The maximum atomic E-state index is 13.1. The lowest BCUT2D eigenvalue weighted by Gasteiger charge is -2.11. The van der Waals surface area contributed by atoms with Crippen molar-refractivity contribution in [2.45, 2.75) is 32.2 Å². The highest BCUT2D eigenvalue weighted by Crippen LogP contribution is 2.34. The first-order chi connectivity index (χ1) is 12.2. The van der Waals surface area contributed by atoms with Gasteiger partial charge in [0.2, 0.25) is 0 Å². The minimum atomic E-state index is 0.00543. The molecule has 0 saturated heterocycles. The first kappa shape index (κ1) is 15.9. The van der Waals surface area contributed by atoms with Crippen LogP contribution >= 0.6 is 11.3 Å². The molecule has 126 valence electrons. The Morgan fingerprint density at radius 1 is 1.32 bits per heavy atom. The van der Waals surface area contributed by atoms with E-state index in [2.05, 4.69) is 5.92 Å². The Hall–Kier alpha value is -2.58. The molecule has 0 spiro atoms. The Kier molecular flexibility index (Phi) is 4.06. The maximum absolute atomic E-state index is 13.1. The third kappa shape index (κ3) is 2.73. The number of benzene rings is 1. The van der Waals surface area contributed by atoms with E-state index in [1.54, 1.807) is 23.0 Å². The van der Waals surface area contributed by atoms with Gasteiger partial charge >= 0.3 is 0 Å². The van der Waals surface area contributed by atoms with Crippen LogP contribution in [0, 0.1) is 12.3 Å². The lowest BCUT2D eigenvalue weighted by atomic mass is 10.1. The summed E-state index contributed by atoms with van der Waals surface area (Å²) in [6, 6.07) is 7.81. The van der Waals surface area contributed by atoms with Crippen molar-refractivity contribution >= 4 is 21.6 Å². The van der Waals surface area contributed by atoms with E-state index >= 15 is 0 Å². The number of terminal acetylenes is 1. The van der Waals surface area contributed by atoms with E-state index in [-0.39, 0.29) is 12.1 Å². The predicted octanol–water partition coefficient (Wildman–Crippen LogP) is 3.18. The third-order valence-electron chi connectivity index (χ3n) is 4.67. The van der Waals surface area contributed by atoms with Crippen LogP contribution in [0.4, 0.5) is 0 Å². The molecule has 0 N–H and O–H groups in total. The number of hydrogen-bond donors (Lipinski definition) is 0. The van der Waals surface area contributed by atoms with Gasteiger partial charge in [0.05, 0.1) is 19.0 Å². The second-order valence-electron chi connectivity index (χ2n) is 6.19. The second kappa shape index (κ2) is 6.38. The van der Waals surface area contributed by atoms with Crippen molar-refractivity contribution in [3.8, 4) is 18.1 Å². The number of methoxy groups -OCH3 is 1. The Morgan fingerprint density at radius 3 is 2.84 bits per heavy atom. The average molecular weight is 350 g/mol. The van der Waals surface area contributed by atoms with Gasteiger partial charge in [-0.1, -0.05) is 18.1 Å². The van der Waals surface area contributed by atoms with E-state index in [9.17, 15) is 4.79 Å². The highest BCUT2D eigenvalue weighted by atomic mass is 32.1. The van der Waals surface area contributed by atoms with Crippen LogP contribution < -0.4 is 10.3 Å². The molecule has 0 bridgehead atoms. The van der Waals surface area contributed by atoms with Crippen molar-refractivity contribution < 1.29 is 4.74 Å². The molecule has 0 unspecified atom stereocenters. The number of thiophene rings is 1. The van der Waals surface area contributed by atoms with Crippen LogP contribution in [0.3, 0.4) is 0 Å². The fraction of sp³-hybridized carbons (Fsp3) is 0.300. The SMILES string of the molecule is C#CCn1c(Cc2ccc(OC)cc2)nc2sc3c(c2c1=O)CCC3. The average Bonchev–Trinajstić information content (AvgIpc) is 3.19. The van der Waals surface area contributed by atoms with Gasteiger partial charge in [-0.2, -0.15) is 0 Å². The van der Waals surface area contributed by atoms with E-state index in [0.717, 1.165) is 46.6 Å². The van der Waals surface area contributed by atoms with Crippen molar-refractivity contribution in [3.05, 3.63) is 56.4 Å². The fourth-order valence-electron chi connectivity index (χ4n) is 3.43. The Labute approximate surface area is 150 Å². The number of rotatable bonds is 4. The van der Waals surface area contributed by atoms with Crippen molar-refractivity contribution in [3.63, 3.8) is 0 Å². The molecule has 5 heteroatoms. The fourth-order valence-corrected chi connectivity index (χ4v) is 4.70. The number of ether oxygens (including phenoxy) is 1. The van der Waals surface area contributed by atoms with Gasteiger partial charge in [-0.25, -0.2) is 4.98 Å². The van der Waals surface area contributed by atoms with Crippen molar-refractivity contribution in [1.82, 2.24) is 9.55 Å². The normalized spacial score (nSPS) is 13.0. The Morgan fingerprint density at radius 2 is 2.12 bits per heavy atom. The standard InChI is InChI=1S/C20H18N2O2S/c1-3-11-22-17(12-13-7-9-14(24-2)10-8-13)21-19-18(20(22)23)15-5-4-6-16(15)25-19/h1,7-10H,4-6,11-12H2,2H3. The largest absolute Gasteiger partial charge is 0.497 e. The number of aromatic nitrogens is 2. The molecule has 0 atom stereocenters. The first-order valence-corrected chi connectivity index (χ1v) is 9.13. The molecule has 1 aromatic carbocycles. The summed E-state index contributed by atoms with van der Waals surface area (Å²) in [5.74, 6) is 4.13. The van der Waals surface area contributed by atoms with Gasteiger partial charge in [0.15, 0.2) is 0 Å². The summed E-state index contributed by atoms with van der Waals surface area (Å²) in [5, 5.41) is 0.784. The number of fused-ring (bicyclic) bond motifs is 3. The van der Waals surface area contributed by atoms with Gasteiger partial charge < -0.3 is 4.74 Å². The van der Waals surface area contributed by atoms with E-state index in [1.807, 2.05) is 24.3 Å². The molecule has 1 aliphatic carbocycles. The van der Waals surface area contributed by atoms with Gasteiger partial charge in [0.25, 0.3) is 5.56 Å². The molecular formula is C20H18N2O2S. The van der Waals surface area contributed by atoms with Crippen LogP contribution in [0.25, 0.3) is 10.2 Å². The van der Waals surface area contributed by atoms with E-state index in [4.69, 9.17) is 16.1 Å². The summed E-state index contributed by atoms with van der Waals surface area (Å²) in [6.45, 7) is 0.248.